The van der Waals surface area contributed by atoms with Crippen molar-refractivity contribution in [2.45, 2.75) is 44.8 Å². The normalized spacial score (nSPS) is 16.0. The molecule has 3 rings (SSSR count). The molecule has 0 radical (unpaired) electrons. The average molecular weight is 285 g/mol. The molecule has 1 N–H and O–H groups in total. The van der Waals surface area contributed by atoms with E-state index in [-0.39, 0.29) is 0 Å². The molecular weight excluding hydrogens is 262 g/mol. The Kier molecular flexibility index (Phi) is 4.90. The predicted molar refractivity (Wildman–Crippen MR) is 84.8 cm³/mol. The van der Waals surface area contributed by atoms with Gasteiger partial charge in [-0.15, -0.1) is 0 Å². The van der Waals surface area contributed by atoms with Gasteiger partial charge in [-0.1, -0.05) is 37.5 Å². The second-order valence-corrected chi connectivity index (χ2v) is 5.57. The summed E-state index contributed by atoms with van der Waals surface area (Å²) in [6, 6.07) is 10.1. The zero-order valence-corrected chi connectivity index (χ0v) is 12.4. The summed E-state index contributed by atoms with van der Waals surface area (Å²) in [7, 11) is 0. The summed E-state index contributed by atoms with van der Waals surface area (Å²) in [5.41, 5.74) is 1.05. The van der Waals surface area contributed by atoms with Crippen LogP contribution >= 0.6 is 0 Å². The van der Waals surface area contributed by atoms with Crippen LogP contribution in [0.4, 0.5) is 11.6 Å². The number of hydrogen-bond donors (Lipinski definition) is 1. The van der Waals surface area contributed by atoms with Crippen LogP contribution in [0, 0.1) is 0 Å². The van der Waals surface area contributed by atoms with Gasteiger partial charge in [0.1, 0.15) is 0 Å². The van der Waals surface area contributed by atoms with Crippen LogP contribution in [0.25, 0.3) is 0 Å². The van der Waals surface area contributed by atoms with Crippen molar-refractivity contribution in [2.75, 3.05) is 11.9 Å². The van der Waals surface area contributed by atoms with Gasteiger partial charge in [0.2, 0.25) is 5.95 Å². The number of rotatable bonds is 6. The lowest BCUT2D eigenvalue weighted by molar-refractivity contribution is 0.0243. The molecule has 0 unspecified atom stereocenters. The molecule has 1 aromatic carbocycles. The maximum absolute atomic E-state index is 5.99. The molecule has 1 fully saturated rings. The molecule has 2 aromatic rings. The monoisotopic (exact) mass is 285 g/mol. The second-order valence-electron chi connectivity index (χ2n) is 5.57. The largest absolute Gasteiger partial charge is 0.376 e. The molecule has 0 aliphatic heterocycles. The molecule has 4 nitrogen and oxygen atoms in total. The minimum Gasteiger partial charge on any atom is -0.376 e. The molecular formula is C17H23N3O. The second kappa shape index (κ2) is 7.27. The molecule has 1 heterocycles. The van der Waals surface area contributed by atoms with Crippen LogP contribution < -0.4 is 5.32 Å². The minimum absolute atomic E-state index is 0.466. The van der Waals surface area contributed by atoms with Gasteiger partial charge in [-0.3, -0.25) is 0 Å². The van der Waals surface area contributed by atoms with Crippen LogP contribution in [0.15, 0.2) is 42.7 Å². The third kappa shape index (κ3) is 4.08. The number of benzene rings is 1. The lowest BCUT2D eigenvalue weighted by atomic mass is 9.98. The van der Waals surface area contributed by atoms with E-state index in [4.69, 9.17) is 4.74 Å². The number of ether oxygens (including phenoxy) is 1. The third-order valence-electron chi connectivity index (χ3n) is 3.98. The minimum atomic E-state index is 0.466. The Balaban J connectivity index is 1.50. The van der Waals surface area contributed by atoms with Gasteiger partial charge in [0.25, 0.3) is 0 Å². The van der Waals surface area contributed by atoms with E-state index in [0.29, 0.717) is 6.10 Å². The molecule has 0 amide bonds. The SMILES string of the molecule is c1ccc(Nc2nccn2CCOC2CCCCC2)cc1. The lowest BCUT2D eigenvalue weighted by Gasteiger charge is -2.22. The zero-order valence-electron chi connectivity index (χ0n) is 12.4. The van der Waals surface area contributed by atoms with Crippen molar-refractivity contribution >= 4 is 11.6 Å². The number of para-hydroxylation sites is 1. The Labute approximate surface area is 126 Å². The number of nitrogens with one attached hydrogen (secondary N) is 1. The van der Waals surface area contributed by atoms with Gasteiger partial charge in [-0.05, 0) is 25.0 Å². The molecule has 0 spiro atoms. The molecule has 0 bridgehead atoms. The van der Waals surface area contributed by atoms with E-state index in [2.05, 4.69) is 14.9 Å². The van der Waals surface area contributed by atoms with Gasteiger partial charge in [0.05, 0.1) is 12.7 Å². The fraction of sp³-hybridized carbons (Fsp3) is 0.471. The molecule has 1 saturated carbocycles. The first-order valence-electron chi connectivity index (χ1n) is 7.86. The van der Waals surface area contributed by atoms with Gasteiger partial charge in [0, 0.05) is 24.6 Å². The summed E-state index contributed by atoms with van der Waals surface area (Å²) in [5, 5.41) is 3.34. The van der Waals surface area contributed by atoms with Crippen LogP contribution in [-0.4, -0.2) is 22.3 Å². The Morgan fingerprint density at radius 3 is 2.76 bits per heavy atom. The highest BCUT2D eigenvalue weighted by Gasteiger charge is 2.13. The maximum atomic E-state index is 5.99. The smallest absolute Gasteiger partial charge is 0.207 e. The summed E-state index contributed by atoms with van der Waals surface area (Å²) in [6.07, 6.45) is 10.7. The van der Waals surface area contributed by atoms with E-state index in [9.17, 15) is 0 Å². The van der Waals surface area contributed by atoms with E-state index in [1.807, 2.05) is 42.7 Å². The van der Waals surface area contributed by atoms with Gasteiger partial charge in [0.15, 0.2) is 0 Å². The summed E-state index contributed by atoms with van der Waals surface area (Å²) in [4.78, 5) is 4.37. The summed E-state index contributed by atoms with van der Waals surface area (Å²) >= 11 is 0. The van der Waals surface area contributed by atoms with Crippen molar-refractivity contribution in [3.63, 3.8) is 0 Å². The predicted octanol–water partition coefficient (Wildman–Crippen LogP) is 3.98. The third-order valence-corrected chi connectivity index (χ3v) is 3.98. The fourth-order valence-electron chi connectivity index (χ4n) is 2.81. The highest BCUT2D eigenvalue weighted by molar-refractivity contribution is 5.52. The van der Waals surface area contributed by atoms with E-state index in [1.54, 1.807) is 0 Å². The Hall–Kier alpha value is -1.81. The number of hydrogen-bond acceptors (Lipinski definition) is 3. The van der Waals surface area contributed by atoms with E-state index in [0.717, 1.165) is 24.8 Å². The fourth-order valence-corrected chi connectivity index (χ4v) is 2.81. The molecule has 0 saturated heterocycles. The summed E-state index contributed by atoms with van der Waals surface area (Å²) in [6.45, 7) is 1.59. The average Bonchev–Trinajstić information content (AvgIpc) is 2.97. The first-order chi connectivity index (χ1) is 10.4. The van der Waals surface area contributed by atoms with E-state index < -0.39 is 0 Å². The van der Waals surface area contributed by atoms with Crippen molar-refractivity contribution in [1.29, 1.82) is 0 Å². The maximum Gasteiger partial charge on any atom is 0.207 e. The van der Waals surface area contributed by atoms with Crippen molar-refractivity contribution in [2.24, 2.45) is 0 Å². The van der Waals surface area contributed by atoms with Gasteiger partial charge in [-0.2, -0.15) is 0 Å². The highest BCUT2D eigenvalue weighted by Crippen LogP contribution is 2.20. The van der Waals surface area contributed by atoms with E-state index in [1.165, 1.54) is 32.1 Å². The molecule has 1 aromatic heterocycles. The Morgan fingerprint density at radius 1 is 1.14 bits per heavy atom. The van der Waals surface area contributed by atoms with Crippen LogP contribution in [0.3, 0.4) is 0 Å². The van der Waals surface area contributed by atoms with Gasteiger partial charge < -0.3 is 14.6 Å². The van der Waals surface area contributed by atoms with Crippen molar-refractivity contribution in [3.8, 4) is 0 Å². The topological polar surface area (TPSA) is 39.1 Å². The van der Waals surface area contributed by atoms with Crippen LogP contribution in [0.1, 0.15) is 32.1 Å². The van der Waals surface area contributed by atoms with E-state index >= 15 is 0 Å². The molecule has 0 atom stereocenters. The number of nitrogens with zero attached hydrogens (tertiary/aromatic N) is 2. The Morgan fingerprint density at radius 2 is 1.95 bits per heavy atom. The lowest BCUT2D eigenvalue weighted by Crippen LogP contribution is -2.19. The Bertz CT molecular complexity index is 532. The highest BCUT2D eigenvalue weighted by atomic mass is 16.5. The molecule has 112 valence electrons. The number of aromatic nitrogens is 2. The number of imidazole rings is 1. The molecule has 4 heteroatoms. The molecule has 21 heavy (non-hydrogen) atoms. The first-order valence-corrected chi connectivity index (χ1v) is 7.86. The summed E-state index contributed by atoms with van der Waals surface area (Å²) < 4.78 is 8.09. The quantitative estimate of drug-likeness (QED) is 0.872. The number of anilines is 2. The van der Waals surface area contributed by atoms with Crippen LogP contribution in [0.2, 0.25) is 0 Å². The standard InChI is InChI=1S/C17H23N3O/c1-3-7-15(8-4-1)19-17-18-11-12-20(17)13-14-21-16-9-5-2-6-10-16/h1,3-4,7-8,11-12,16H,2,5-6,9-10,13-14H2,(H,18,19). The zero-order chi connectivity index (χ0) is 14.3. The molecule has 1 aliphatic rings. The van der Waals surface area contributed by atoms with Crippen molar-refractivity contribution in [3.05, 3.63) is 42.7 Å². The van der Waals surface area contributed by atoms with Crippen molar-refractivity contribution in [1.82, 2.24) is 9.55 Å². The summed E-state index contributed by atoms with van der Waals surface area (Å²) in [5.74, 6) is 0.869. The van der Waals surface area contributed by atoms with Gasteiger partial charge >= 0.3 is 0 Å². The first kappa shape index (κ1) is 14.1. The van der Waals surface area contributed by atoms with Crippen LogP contribution in [0.5, 0.6) is 0 Å². The van der Waals surface area contributed by atoms with Crippen LogP contribution in [-0.2, 0) is 11.3 Å². The van der Waals surface area contributed by atoms with Gasteiger partial charge in [-0.25, -0.2) is 4.98 Å². The van der Waals surface area contributed by atoms with Crippen molar-refractivity contribution < 1.29 is 4.74 Å². The molecule has 1 aliphatic carbocycles.